The monoisotopic (exact) mass is 2230 g/mol. The Hall–Kier alpha value is -3.34. The summed E-state index contributed by atoms with van der Waals surface area (Å²) in [5.41, 5.74) is 14.7. The average Bonchev–Trinajstić information content (AvgIpc) is 1.63. The average molecular weight is 2230 g/mol. The van der Waals surface area contributed by atoms with E-state index in [1.165, 1.54) is 160 Å². The Labute approximate surface area is 887 Å². The molecule has 4 aliphatic heterocycles. The molecular formula is C120H192Br4O14Si2. The van der Waals surface area contributed by atoms with Gasteiger partial charge in [-0.1, -0.05) is 212 Å². The second kappa shape index (κ2) is 52.9. The van der Waals surface area contributed by atoms with E-state index in [0.717, 1.165) is 139 Å². The molecule has 0 radical (unpaired) electrons. The van der Waals surface area contributed by atoms with Crippen molar-refractivity contribution in [1.82, 2.24) is 0 Å². The molecule has 792 valence electrons. The number of allylic oxidation sites excluding steroid dienone is 9. The van der Waals surface area contributed by atoms with E-state index in [1.807, 2.05) is 33.8 Å². The quantitative estimate of drug-likeness (QED) is 0.0148. The molecule has 15 rings (SSSR count). The number of ether oxygens (including phenoxy) is 4. The van der Waals surface area contributed by atoms with E-state index in [-0.39, 0.29) is 86.7 Å². The number of terminal acetylenes is 1. The lowest BCUT2D eigenvalue weighted by atomic mass is 9.60. The van der Waals surface area contributed by atoms with E-state index in [2.05, 4.69) is 223 Å². The van der Waals surface area contributed by atoms with E-state index in [1.54, 1.807) is 36.1 Å². The molecule has 29 atom stereocenters. The SMILES string of the molecule is C.C.C#CC[C@H](C[C@@H](C=C)O[Si](C)(C)C)O[Si](C)(C)C.C=C1/C(=C\C=C2/CCC[C@@]3(C)C2CC[C@@H]3[C@H](C)CC2CC(=C(C)C)C(=O)O2)C[C@@H](O)C[C@@H]1O.CC(C)=C1CC(C[C@@H](C)[C@H]2CCC3/C(=C/Br)CCC[C@@]32C)OC1=O.C[C@H](CC1CC(C(C)(C)O)C(=O)O1)[C@H]1CCC2/C(=C/Br)CCC[C@@]21C.C[C@H](CC1CCC(=O)O1)[C@H]1CCC2/C(=C/Br)CCC[C@@]21C.C[C@H](CC=O)[C@H]1CCC2/C(=C/Br)CCC[C@@]21C. The number of aldehydes is 1. The Morgan fingerprint density at radius 1 is 0.500 bits per heavy atom. The molecule has 140 heavy (non-hydrogen) atoms. The fourth-order valence-electron chi connectivity index (χ4n) is 31.0. The van der Waals surface area contributed by atoms with Crippen molar-refractivity contribution in [3.05, 3.63) is 113 Å². The minimum Gasteiger partial charge on any atom is -0.462 e. The number of carbonyl (C=O) groups is 5. The number of hydrogen-bond acceptors (Lipinski definition) is 14. The first-order chi connectivity index (χ1) is 64.9. The van der Waals surface area contributed by atoms with Crippen LogP contribution in [0, 0.1) is 134 Å². The molecular weight excluding hydrogens is 2040 g/mol. The fourth-order valence-corrected chi connectivity index (χ4v) is 35.4. The highest BCUT2D eigenvalue weighted by Crippen LogP contribution is 2.66. The zero-order chi connectivity index (χ0) is 102. The Morgan fingerprint density at radius 2 is 0.857 bits per heavy atom. The maximum absolute atomic E-state index is 12.2. The highest BCUT2D eigenvalue weighted by Gasteiger charge is 2.58. The van der Waals surface area contributed by atoms with Crippen molar-refractivity contribution in [3.63, 3.8) is 0 Å². The normalized spacial score (nSPS) is 37.1. The summed E-state index contributed by atoms with van der Waals surface area (Å²) < 4.78 is 34.6. The second-order valence-electron chi connectivity index (χ2n) is 50.1. The first kappa shape index (κ1) is 122. The molecule has 0 aromatic carbocycles. The third-order valence-electron chi connectivity index (χ3n) is 37.6. The number of esters is 4. The highest BCUT2D eigenvalue weighted by molar-refractivity contribution is 9.11. The standard InChI is InChI=1S/C29H42O4.C21H33BrO3.C21H31BrO2.C18H27BrO2.C15H23BrO.C14H28O2Si2.2CH4/c1-17(2)24-16-23(33-28(24)32)13-18(3)25-10-11-26-20(7-6-12-29(25,26)5)8-9-21-14-22(30)15-27(31)19(21)4;1-13(10-15-11-18(19(23)25-15)20(2,3)24)16-7-8-17-14(12-22)6-5-9-21(16,17)4;1-13(2)17-11-16(24-20(17)23)10-14(3)18-7-8-19-15(12-22)6-5-9-21(18,19)4;1-12(10-14-5-8-17(20)21-14)15-6-7-16-13(11-19)4-3-9-18(15,16)2;1-11(7-9-17)13-5-6-14-12(10-16)4-3-8-15(13,14)2;1-9-11-14(16-18(6,7)8)12-13(10-2)15-17(3,4)5;;/h8-9,18,22-23,25-27,30-31H,4,6-7,10-16H2,1-3,5H3;12-13,15-18,24H,5-11H2,1-4H3;12,14,16,18-19H,5-11H2,1-4H3;11-12,14-16H,3-10H2,1-2H3;9-11,13-14H,3-8H2,1-2H3;1,10,13-14H,2,11-12H2,3-8H3;2*1H4/b20-8+,21-9-;14-12+;15-12+;13-11+;12-10+;;;/t18-,22-,23?,25-,26?,27+,29-;13-,15?,16-,17?,18?,21-;14-,16?,18-,19?,21-;12-,14?,15-,16?,18-;11-,13-,14?,15-;13-,14-;;/m111111../s1. The number of carbonyl (C=O) groups excluding carboxylic acids is 5. The van der Waals surface area contributed by atoms with Crippen molar-refractivity contribution < 1.29 is 67.1 Å². The Balaban J connectivity index is 0.000000208. The van der Waals surface area contributed by atoms with Crippen molar-refractivity contribution in [2.45, 2.75) is 470 Å². The van der Waals surface area contributed by atoms with Gasteiger partial charge in [-0.2, -0.15) is 0 Å². The van der Waals surface area contributed by atoms with Gasteiger partial charge in [0, 0.05) is 62.5 Å². The number of rotatable bonds is 25. The van der Waals surface area contributed by atoms with E-state index in [4.69, 9.17) is 34.2 Å². The lowest BCUT2D eigenvalue weighted by molar-refractivity contribution is -0.150. The van der Waals surface area contributed by atoms with Crippen LogP contribution in [0.5, 0.6) is 0 Å². The number of aliphatic hydroxyl groups is 3. The minimum atomic E-state index is -1.57. The number of cyclic esters (lactones) is 4. The summed E-state index contributed by atoms with van der Waals surface area (Å²) in [5.74, 6) is 12.0. The molecule has 11 saturated carbocycles. The largest absolute Gasteiger partial charge is 0.462 e. The maximum Gasteiger partial charge on any atom is 0.334 e. The smallest absolute Gasteiger partial charge is 0.334 e. The third kappa shape index (κ3) is 30.1. The molecule has 3 N–H and O–H groups in total. The zero-order valence-electron chi connectivity index (χ0n) is 89.4. The van der Waals surface area contributed by atoms with Crippen LogP contribution in [0.1, 0.15) is 376 Å². The van der Waals surface area contributed by atoms with Gasteiger partial charge in [0.1, 0.15) is 30.7 Å². The van der Waals surface area contributed by atoms with Crippen LogP contribution in [0.2, 0.25) is 39.3 Å². The van der Waals surface area contributed by atoms with Gasteiger partial charge in [-0.15, -0.1) is 18.9 Å². The van der Waals surface area contributed by atoms with Gasteiger partial charge in [0.15, 0.2) is 16.6 Å². The van der Waals surface area contributed by atoms with Gasteiger partial charge >= 0.3 is 23.9 Å². The second-order valence-corrected chi connectivity index (χ2v) is 60.8. The van der Waals surface area contributed by atoms with Gasteiger partial charge < -0.3 is 47.9 Å². The highest BCUT2D eigenvalue weighted by atomic mass is 79.9. The first-order valence-electron chi connectivity index (χ1n) is 54.2. The van der Waals surface area contributed by atoms with Crippen LogP contribution >= 0.6 is 63.7 Å². The van der Waals surface area contributed by atoms with Crippen molar-refractivity contribution in [3.8, 4) is 12.3 Å². The first-order valence-corrected chi connectivity index (χ1v) is 64.7. The zero-order valence-corrected chi connectivity index (χ0v) is 97.7. The van der Waals surface area contributed by atoms with E-state index >= 15 is 0 Å². The molecule has 11 aliphatic carbocycles. The van der Waals surface area contributed by atoms with Crippen LogP contribution in [-0.4, -0.2) is 117 Å². The molecule has 15 aliphatic rings. The number of hydrogen-bond donors (Lipinski definition) is 3. The van der Waals surface area contributed by atoms with Gasteiger partial charge in [0.05, 0.1) is 35.9 Å². The van der Waals surface area contributed by atoms with Crippen LogP contribution in [0.25, 0.3) is 0 Å². The van der Waals surface area contributed by atoms with Crippen molar-refractivity contribution in [1.29, 1.82) is 0 Å². The van der Waals surface area contributed by atoms with Crippen molar-refractivity contribution in [2.75, 3.05) is 0 Å². The van der Waals surface area contributed by atoms with Crippen molar-refractivity contribution >= 4 is 111 Å². The van der Waals surface area contributed by atoms with Crippen LogP contribution in [0.3, 0.4) is 0 Å². The van der Waals surface area contributed by atoms with Crippen LogP contribution in [0.4, 0.5) is 0 Å². The molecule has 0 amide bonds. The predicted molar refractivity (Wildman–Crippen MR) is 598 cm³/mol. The number of halogens is 4. The summed E-state index contributed by atoms with van der Waals surface area (Å²) in [4.78, 5) is 67.1. The molecule has 0 spiro atoms. The van der Waals surface area contributed by atoms with Gasteiger partial charge in [-0.25, -0.2) is 9.59 Å². The predicted octanol–water partition coefficient (Wildman–Crippen LogP) is 32.4. The van der Waals surface area contributed by atoms with Gasteiger partial charge in [-0.05, 0) is 427 Å². The van der Waals surface area contributed by atoms with Crippen LogP contribution in [-0.2, 0) is 51.8 Å². The molecule has 4 heterocycles. The van der Waals surface area contributed by atoms with E-state index in [9.17, 15) is 39.3 Å². The van der Waals surface area contributed by atoms with E-state index in [0.29, 0.717) is 107 Å². The number of aliphatic hydroxyl groups excluding tert-OH is 2. The lowest BCUT2D eigenvalue weighted by Gasteiger charge is -2.44. The van der Waals surface area contributed by atoms with Gasteiger partial charge in [-0.3, -0.25) is 9.59 Å². The Bertz CT molecular complexity index is 4480. The summed E-state index contributed by atoms with van der Waals surface area (Å²) >= 11 is 14.3. The van der Waals surface area contributed by atoms with Crippen LogP contribution in [0.15, 0.2) is 113 Å². The Kier molecular flexibility index (Phi) is 46.0. The maximum atomic E-state index is 12.2. The third-order valence-corrected chi connectivity index (χ3v) is 42.0. The van der Waals surface area contributed by atoms with Gasteiger partial charge in [0.2, 0.25) is 0 Å². The summed E-state index contributed by atoms with van der Waals surface area (Å²) in [5, 5.41) is 30.4. The fraction of sp³-hybridized carbons (Fsp3) is 0.775. The minimum absolute atomic E-state index is 0. The summed E-state index contributed by atoms with van der Waals surface area (Å²) in [6.07, 6.45) is 55.2. The topological polar surface area (TPSA) is 201 Å². The van der Waals surface area contributed by atoms with Crippen molar-refractivity contribution in [2.24, 2.45) is 122 Å². The van der Waals surface area contributed by atoms with Gasteiger partial charge in [0.25, 0.3) is 0 Å². The molecule has 10 unspecified atom stereocenters. The molecule has 0 aromatic rings. The summed E-state index contributed by atoms with van der Waals surface area (Å²) in [6, 6.07) is 0. The van der Waals surface area contributed by atoms with Crippen LogP contribution < -0.4 is 0 Å². The molecule has 20 heteroatoms. The lowest BCUT2D eigenvalue weighted by Crippen LogP contribution is -2.37. The Morgan fingerprint density at radius 3 is 1.17 bits per heavy atom. The molecule has 0 bridgehead atoms. The molecule has 14 nitrogen and oxygen atoms in total. The molecule has 4 saturated heterocycles. The molecule has 15 fully saturated rings. The number of fused-ring (bicyclic) bond motifs is 5. The summed E-state index contributed by atoms with van der Waals surface area (Å²) in [6.45, 7) is 56.7. The summed E-state index contributed by atoms with van der Waals surface area (Å²) in [7, 11) is -3.13. The van der Waals surface area contributed by atoms with E-state index < -0.39 is 34.4 Å². The molecule has 0 aromatic heterocycles.